The van der Waals surface area contributed by atoms with Gasteiger partial charge in [-0.2, -0.15) is 0 Å². The van der Waals surface area contributed by atoms with Gasteiger partial charge in [0.2, 0.25) is 11.8 Å². The number of benzene rings is 1. The third-order valence-corrected chi connectivity index (χ3v) is 3.92. The summed E-state index contributed by atoms with van der Waals surface area (Å²) in [5.74, 6) is 0.521. The maximum atomic E-state index is 12.0. The predicted molar refractivity (Wildman–Crippen MR) is 84.3 cm³/mol. The predicted octanol–water partition coefficient (Wildman–Crippen LogP) is 1.40. The van der Waals surface area contributed by atoms with Crippen molar-refractivity contribution in [1.82, 2.24) is 0 Å². The molecule has 1 aliphatic carbocycles. The zero-order chi connectivity index (χ0) is 15.9. The number of nitrogens with one attached hydrogen (secondary N) is 1. The highest BCUT2D eigenvalue weighted by Crippen LogP contribution is 2.27. The molecule has 120 valence electrons. The molecule has 0 spiro atoms. The molecule has 1 aromatic rings. The van der Waals surface area contributed by atoms with Crippen molar-refractivity contribution in [2.75, 3.05) is 11.9 Å². The highest BCUT2D eigenvalue weighted by atomic mass is 16.5. The van der Waals surface area contributed by atoms with Crippen LogP contribution >= 0.6 is 0 Å². The van der Waals surface area contributed by atoms with Crippen molar-refractivity contribution in [2.24, 2.45) is 17.4 Å². The Kier molecular flexibility index (Phi) is 5.77. The Labute approximate surface area is 130 Å². The van der Waals surface area contributed by atoms with Crippen molar-refractivity contribution in [3.8, 4) is 5.75 Å². The van der Waals surface area contributed by atoms with Crippen LogP contribution in [-0.4, -0.2) is 24.5 Å². The molecule has 0 heterocycles. The molecule has 0 bridgehead atoms. The van der Waals surface area contributed by atoms with Gasteiger partial charge < -0.3 is 21.5 Å². The third-order valence-electron chi connectivity index (χ3n) is 3.92. The van der Waals surface area contributed by atoms with Crippen LogP contribution in [0.15, 0.2) is 24.3 Å². The second-order valence-corrected chi connectivity index (χ2v) is 5.70. The summed E-state index contributed by atoms with van der Waals surface area (Å²) in [6.45, 7) is 0.251. The number of anilines is 1. The standard InChI is InChI=1S/C16H23N3O3/c17-14-3-1-2-11(14)10-16(21)19-12-4-6-13(7-5-12)22-9-8-15(18)20/h4-7,11,14H,1-3,8-10,17H2,(H2,18,20)(H,19,21)/t11-,14+/m0/s1. The fraction of sp³-hybridized carbons (Fsp3) is 0.500. The number of carbonyl (C=O) groups is 2. The summed E-state index contributed by atoms with van der Waals surface area (Å²) < 4.78 is 5.37. The largest absolute Gasteiger partial charge is 0.493 e. The van der Waals surface area contributed by atoms with Gasteiger partial charge in [-0.1, -0.05) is 6.42 Å². The van der Waals surface area contributed by atoms with Crippen LogP contribution in [0, 0.1) is 5.92 Å². The van der Waals surface area contributed by atoms with E-state index in [0.29, 0.717) is 12.2 Å². The van der Waals surface area contributed by atoms with Gasteiger partial charge in [0.25, 0.3) is 0 Å². The van der Waals surface area contributed by atoms with Crippen LogP contribution in [0.1, 0.15) is 32.1 Å². The van der Waals surface area contributed by atoms with Gasteiger partial charge in [0.15, 0.2) is 0 Å². The number of amides is 2. The van der Waals surface area contributed by atoms with Crippen LogP contribution in [-0.2, 0) is 9.59 Å². The van der Waals surface area contributed by atoms with Crippen molar-refractivity contribution < 1.29 is 14.3 Å². The topological polar surface area (TPSA) is 107 Å². The van der Waals surface area contributed by atoms with Crippen LogP contribution in [0.3, 0.4) is 0 Å². The molecule has 6 nitrogen and oxygen atoms in total. The Hall–Kier alpha value is -2.08. The normalized spacial score (nSPS) is 20.6. The molecule has 6 heteroatoms. The highest BCUT2D eigenvalue weighted by molar-refractivity contribution is 5.90. The molecule has 0 aliphatic heterocycles. The Morgan fingerprint density at radius 1 is 1.23 bits per heavy atom. The molecule has 1 fully saturated rings. The summed E-state index contributed by atoms with van der Waals surface area (Å²) >= 11 is 0. The van der Waals surface area contributed by atoms with Gasteiger partial charge in [-0.25, -0.2) is 0 Å². The summed E-state index contributed by atoms with van der Waals surface area (Å²) in [4.78, 5) is 22.6. The number of nitrogens with two attached hydrogens (primary N) is 2. The first-order valence-corrected chi connectivity index (χ1v) is 7.61. The van der Waals surface area contributed by atoms with E-state index >= 15 is 0 Å². The van der Waals surface area contributed by atoms with Crippen molar-refractivity contribution in [2.45, 2.75) is 38.1 Å². The van der Waals surface area contributed by atoms with Gasteiger partial charge in [0, 0.05) is 18.2 Å². The van der Waals surface area contributed by atoms with Crippen molar-refractivity contribution in [3.63, 3.8) is 0 Å². The van der Waals surface area contributed by atoms with Crippen LogP contribution in [0.25, 0.3) is 0 Å². The second-order valence-electron chi connectivity index (χ2n) is 5.70. The van der Waals surface area contributed by atoms with E-state index in [2.05, 4.69) is 5.32 Å². The summed E-state index contributed by atoms with van der Waals surface area (Å²) in [6.07, 6.45) is 3.80. The number of primary amides is 1. The number of hydrogen-bond acceptors (Lipinski definition) is 4. The van der Waals surface area contributed by atoms with E-state index in [0.717, 1.165) is 24.9 Å². The minimum atomic E-state index is -0.394. The molecule has 5 N–H and O–H groups in total. The second kappa shape index (κ2) is 7.79. The van der Waals surface area contributed by atoms with Crippen LogP contribution in [0.2, 0.25) is 0 Å². The van der Waals surface area contributed by atoms with E-state index in [9.17, 15) is 9.59 Å². The molecule has 1 aliphatic rings. The summed E-state index contributed by atoms with van der Waals surface area (Å²) in [5.41, 5.74) is 11.7. The maximum absolute atomic E-state index is 12.0. The number of ether oxygens (including phenoxy) is 1. The smallest absolute Gasteiger partial charge is 0.224 e. The number of rotatable bonds is 7. The molecule has 22 heavy (non-hydrogen) atoms. The van der Waals surface area contributed by atoms with E-state index in [1.165, 1.54) is 0 Å². The quantitative estimate of drug-likeness (QED) is 0.707. The fourth-order valence-corrected chi connectivity index (χ4v) is 2.67. The number of hydrogen-bond donors (Lipinski definition) is 3. The summed E-state index contributed by atoms with van der Waals surface area (Å²) in [5, 5.41) is 2.87. The van der Waals surface area contributed by atoms with E-state index < -0.39 is 5.91 Å². The first-order chi connectivity index (χ1) is 10.5. The molecule has 0 aromatic heterocycles. The molecular formula is C16H23N3O3. The van der Waals surface area contributed by atoms with Crippen molar-refractivity contribution >= 4 is 17.5 Å². The number of carbonyl (C=O) groups excluding carboxylic acids is 2. The Balaban J connectivity index is 1.77. The Morgan fingerprint density at radius 2 is 1.95 bits per heavy atom. The zero-order valence-corrected chi connectivity index (χ0v) is 12.6. The minimum absolute atomic E-state index is 0.00949. The average molecular weight is 305 g/mol. The van der Waals surface area contributed by atoms with Gasteiger partial charge in [0.05, 0.1) is 13.0 Å². The lowest BCUT2D eigenvalue weighted by molar-refractivity contribution is -0.118. The first-order valence-electron chi connectivity index (χ1n) is 7.61. The molecule has 1 aromatic carbocycles. The van der Waals surface area contributed by atoms with Crippen LogP contribution in [0.5, 0.6) is 5.75 Å². The SMILES string of the molecule is NC(=O)CCOc1ccc(NC(=O)C[C@@H]2CCC[C@H]2N)cc1. The van der Waals surface area contributed by atoms with Crippen LogP contribution in [0.4, 0.5) is 5.69 Å². The van der Waals surface area contributed by atoms with Gasteiger partial charge >= 0.3 is 0 Å². The summed E-state index contributed by atoms with van der Waals surface area (Å²) in [7, 11) is 0. The van der Waals surface area contributed by atoms with Crippen molar-refractivity contribution in [3.05, 3.63) is 24.3 Å². The molecule has 0 saturated heterocycles. The zero-order valence-electron chi connectivity index (χ0n) is 12.6. The third kappa shape index (κ3) is 5.04. The lowest BCUT2D eigenvalue weighted by atomic mass is 10.00. The molecule has 0 radical (unpaired) electrons. The molecule has 2 atom stereocenters. The van der Waals surface area contributed by atoms with Crippen LogP contribution < -0.4 is 21.5 Å². The van der Waals surface area contributed by atoms with E-state index in [-0.39, 0.29) is 30.9 Å². The average Bonchev–Trinajstić information content (AvgIpc) is 2.86. The van der Waals surface area contributed by atoms with Gasteiger partial charge in [0.1, 0.15) is 5.75 Å². The van der Waals surface area contributed by atoms with Gasteiger partial charge in [-0.05, 0) is 43.0 Å². The molecular weight excluding hydrogens is 282 g/mol. The monoisotopic (exact) mass is 305 g/mol. The van der Waals surface area contributed by atoms with Gasteiger partial charge in [-0.3, -0.25) is 9.59 Å². The molecule has 1 saturated carbocycles. The lowest BCUT2D eigenvalue weighted by Gasteiger charge is -2.15. The first kappa shape index (κ1) is 16.3. The molecule has 0 unspecified atom stereocenters. The molecule has 2 rings (SSSR count). The maximum Gasteiger partial charge on any atom is 0.224 e. The Morgan fingerprint density at radius 3 is 2.55 bits per heavy atom. The molecule has 2 amide bonds. The lowest BCUT2D eigenvalue weighted by Crippen LogP contribution is -2.28. The Bertz CT molecular complexity index is 516. The minimum Gasteiger partial charge on any atom is -0.493 e. The fourth-order valence-electron chi connectivity index (χ4n) is 2.67. The highest BCUT2D eigenvalue weighted by Gasteiger charge is 2.25. The van der Waals surface area contributed by atoms with E-state index in [1.54, 1.807) is 24.3 Å². The van der Waals surface area contributed by atoms with Crippen molar-refractivity contribution in [1.29, 1.82) is 0 Å². The van der Waals surface area contributed by atoms with Gasteiger partial charge in [-0.15, -0.1) is 0 Å². The van der Waals surface area contributed by atoms with E-state index in [4.69, 9.17) is 16.2 Å². The van der Waals surface area contributed by atoms with E-state index in [1.807, 2.05) is 0 Å². The summed E-state index contributed by atoms with van der Waals surface area (Å²) in [6, 6.07) is 7.18.